The van der Waals surface area contributed by atoms with Crippen molar-refractivity contribution in [1.29, 1.82) is 0 Å². The summed E-state index contributed by atoms with van der Waals surface area (Å²) in [6.45, 7) is 2.97. The fourth-order valence-corrected chi connectivity index (χ4v) is 3.64. The van der Waals surface area contributed by atoms with E-state index in [2.05, 4.69) is 22.5 Å². The van der Waals surface area contributed by atoms with E-state index in [4.69, 9.17) is 0 Å². The molecule has 2 aliphatic rings. The third-order valence-electron chi connectivity index (χ3n) is 4.49. The zero-order valence-corrected chi connectivity index (χ0v) is 12.6. The Bertz CT molecular complexity index is 306. The number of amides is 1. The number of piperidine rings is 1. The molecule has 1 saturated carbocycles. The summed E-state index contributed by atoms with van der Waals surface area (Å²) < 4.78 is 0. The Balaban J connectivity index is 1.80. The molecule has 2 fully saturated rings. The Kier molecular flexibility index (Phi) is 5.22. The van der Waals surface area contributed by atoms with Crippen molar-refractivity contribution in [3.8, 4) is 0 Å². The summed E-state index contributed by atoms with van der Waals surface area (Å²) in [5.74, 6) is 1.01. The fraction of sp³-hybridized carbons (Fsp3) is 0.933. The van der Waals surface area contributed by atoms with Gasteiger partial charge >= 0.3 is 0 Å². The Labute approximate surface area is 117 Å². The summed E-state index contributed by atoms with van der Waals surface area (Å²) >= 11 is 0. The minimum absolute atomic E-state index is 0.0314. The number of carbonyl (C=O) groups excluding carboxylic acids is 1. The number of carbonyl (C=O) groups is 1. The lowest BCUT2D eigenvalue weighted by Crippen LogP contribution is -2.56. The molecule has 4 atom stereocenters. The molecule has 1 saturated heterocycles. The van der Waals surface area contributed by atoms with Crippen LogP contribution in [-0.2, 0) is 4.79 Å². The third-order valence-corrected chi connectivity index (χ3v) is 4.49. The van der Waals surface area contributed by atoms with E-state index in [-0.39, 0.29) is 18.0 Å². The van der Waals surface area contributed by atoms with Crippen molar-refractivity contribution in [3.05, 3.63) is 0 Å². The third kappa shape index (κ3) is 4.18. The number of rotatable bonds is 4. The number of nitrogens with one attached hydrogen (secondary N) is 2. The first-order valence-corrected chi connectivity index (χ1v) is 7.77. The second-order valence-electron chi connectivity index (χ2n) is 6.62. The maximum Gasteiger partial charge on any atom is 0.237 e. The number of likely N-dealkylation sites (N-methyl/N-ethyl adjacent to an activating group) is 1. The van der Waals surface area contributed by atoms with Gasteiger partial charge in [-0.25, -0.2) is 0 Å². The Morgan fingerprint density at radius 3 is 2.74 bits per heavy atom. The molecule has 2 N–H and O–H groups in total. The molecule has 110 valence electrons. The SMILES string of the molecule is CC(CN(C)C)NC(=O)C1CCC2CCCCC2N1. The molecule has 4 unspecified atom stereocenters. The Morgan fingerprint density at radius 1 is 1.26 bits per heavy atom. The van der Waals surface area contributed by atoms with E-state index >= 15 is 0 Å². The molecule has 4 nitrogen and oxygen atoms in total. The van der Waals surface area contributed by atoms with Crippen LogP contribution in [0.3, 0.4) is 0 Å². The molecule has 1 heterocycles. The van der Waals surface area contributed by atoms with Crippen molar-refractivity contribution in [2.45, 2.75) is 63.6 Å². The molecule has 19 heavy (non-hydrogen) atoms. The summed E-state index contributed by atoms with van der Waals surface area (Å²) in [7, 11) is 4.07. The second kappa shape index (κ2) is 6.71. The van der Waals surface area contributed by atoms with E-state index in [1.807, 2.05) is 14.1 Å². The molecule has 0 bridgehead atoms. The Morgan fingerprint density at radius 2 is 2.00 bits per heavy atom. The van der Waals surface area contributed by atoms with Crippen molar-refractivity contribution in [2.75, 3.05) is 20.6 Å². The first-order chi connectivity index (χ1) is 9.06. The zero-order valence-electron chi connectivity index (χ0n) is 12.6. The molecule has 0 radical (unpaired) electrons. The number of fused-ring (bicyclic) bond motifs is 1. The van der Waals surface area contributed by atoms with Crippen LogP contribution in [0, 0.1) is 5.92 Å². The maximum absolute atomic E-state index is 12.3. The van der Waals surface area contributed by atoms with Gasteiger partial charge in [-0.2, -0.15) is 0 Å². The van der Waals surface area contributed by atoms with Crippen LogP contribution in [0.5, 0.6) is 0 Å². The smallest absolute Gasteiger partial charge is 0.237 e. The Hall–Kier alpha value is -0.610. The van der Waals surface area contributed by atoms with Gasteiger partial charge in [0.25, 0.3) is 0 Å². The molecule has 0 aromatic carbocycles. The van der Waals surface area contributed by atoms with E-state index in [9.17, 15) is 4.79 Å². The van der Waals surface area contributed by atoms with Crippen molar-refractivity contribution in [1.82, 2.24) is 15.5 Å². The van der Waals surface area contributed by atoms with Gasteiger partial charge in [0.15, 0.2) is 0 Å². The first-order valence-electron chi connectivity index (χ1n) is 7.77. The van der Waals surface area contributed by atoms with Crippen molar-refractivity contribution >= 4 is 5.91 Å². The van der Waals surface area contributed by atoms with Gasteiger partial charge in [-0.1, -0.05) is 12.8 Å². The van der Waals surface area contributed by atoms with Crippen LogP contribution < -0.4 is 10.6 Å². The molecule has 0 spiro atoms. The summed E-state index contributed by atoms with van der Waals surface area (Å²) in [4.78, 5) is 14.4. The maximum atomic E-state index is 12.3. The predicted molar refractivity (Wildman–Crippen MR) is 78.1 cm³/mol. The second-order valence-corrected chi connectivity index (χ2v) is 6.62. The lowest BCUT2D eigenvalue weighted by Gasteiger charge is -2.40. The van der Waals surface area contributed by atoms with Crippen LogP contribution >= 0.6 is 0 Å². The summed E-state index contributed by atoms with van der Waals surface area (Å²) in [6.07, 6.45) is 7.52. The molecule has 4 heteroatoms. The number of hydrogen-bond donors (Lipinski definition) is 2. The van der Waals surface area contributed by atoms with Crippen LogP contribution in [0.15, 0.2) is 0 Å². The molecule has 0 aromatic heterocycles. The quantitative estimate of drug-likeness (QED) is 0.808. The number of nitrogens with zero attached hydrogens (tertiary/aromatic N) is 1. The average molecular weight is 267 g/mol. The standard InChI is InChI=1S/C15H29N3O/c1-11(10-18(2)3)16-15(19)14-9-8-12-6-4-5-7-13(12)17-14/h11-14,17H,4-10H2,1-3H3,(H,16,19). The van der Waals surface area contributed by atoms with Crippen LogP contribution in [0.25, 0.3) is 0 Å². The zero-order chi connectivity index (χ0) is 13.8. The molecule has 1 aliphatic carbocycles. The van der Waals surface area contributed by atoms with Crippen LogP contribution in [0.4, 0.5) is 0 Å². The van der Waals surface area contributed by atoms with Gasteiger partial charge in [0.2, 0.25) is 5.91 Å². The van der Waals surface area contributed by atoms with E-state index in [1.165, 1.54) is 32.1 Å². The highest BCUT2D eigenvalue weighted by atomic mass is 16.2. The summed E-state index contributed by atoms with van der Waals surface area (Å²) in [6, 6.07) is 0.833. The summed E-state index contributed by atoms with van der Waals surface area (Å²) in [5.41, 5.74) is 0. The van der Waals surface area contributed by atoms with Gasteiger partial charge in [-0.15, -0.1) is 0 Å². The predicted octanol–water partition coefficient (Wildman–Crippen LogP) is 1.36. The normalized spacial score (nSPS) is 32.7. The summed E-state index contributed by atoms with van der Waals surface area (Å²) in [5, 5.41) is 6.72. The largest absolute Gasteiger partial charge is 0.351 e. The molecular weight excluding hydrogens is 238 g/mol. The van der Waals surface area contributed by atoms with E-state index in [0.717, 1.165) is 18.9 Å². The highest BCUT2D eigenvalue weighted by Gasteiger charge is 2.34. The molecular formula is C15H29N3O. The van der Waals surface area contributed by atoms with Gasteiger partial charge in [-0.3, -0.25) is 4.79 Å². The van der Waals surface area contributed by atoms with E-state index in [1.54, 1.807) is 0 Å². The lowest BCUT2D eigenvalue weighted by atomic mass is 9.77. The average Bonchev–Trinajstić information content (AvgIpc) is 2.37. The van der Waals surface area contributed by atoms with Gasteiger partial charge in [0.05, 0.1) is 6.04 Å². The van der Waals surface area contributed by atoms with Crippen LogP contribution in [-0.4, -0.2) is 49.6 Å². The topological polar surface area (TPSA) is 44.4 Å². The van der Waals surface area contributed by atoms with Crippen molar-refractivity contribution < 1.29 is 4.79 Å². The molecule has 1 aliphatic heterocycles. The molecule has 1 amide bonds. The van der Waals surface area contributed by atoms with Gasteiger partial charge in [0, 0.05) is 18.6 Å². The number of hydrogen-bond acceptors (Lipinski definition) is 3. The van der Waals surface area contributed by atoms with E-state index in [0.29, 0.717) is 6.04 Å². The fourth-order valence-electron chi connectivity index (χ4n) is 3.64. The van der Waals surface area contributed by atoms with Gasteiger partial charge in [0.1, 0.15) is 0 Å². The lowest BCUT2D eigenvalue weighted by molar-refractivity contribution is -0.125. The van der Waals surface area contributed by atoms with E-state index < -0.39 is 0 Å². The van der Waals surface area contributed by atoms with Gasteiger partial charge < -0.3 is 15.5 Å². The van der Waals surface area contributed by atoms with Crippen LogP contribution in [0.2, 0.25) is 0 Å². The minimum atomic E-state index is 0.0314. The first kappa shape index (κ1) is 14.8. The molecule has 2 rings (SSSR count). The minimum Gasteiger partial charge on any atom is -0.351 e. The van der Waals surface area contributed by atoms with Gasteiger partial charge in [-0.05, 0) is 52.6 Å². The monoisotopic (exact) mass is 267 g/mol. The van der Waals surface area contributed by atoms with Crippen molar-refractivity contribution in [2.24, 2.45) is 5.92 Å². The molecule has 0 aromatic rings. The van der Waals surface area contributed by atoms with Crippen LogP contribution in [0.1, 0.15) is 45.4 Å². The highest BCUT2D eigenvalue weighted by molar-refractivity contribution is 5.82. The van der Waals surface area contributed by atoms with Crippen molar-refractivity contribution in [3.63, 3.8) is 0 Å². The highest BCUT2D eigenvalue weighted by Crippen LogP contribution is 2.32.